The van der Waals surface area contributed by atoms with E-state index < -0.39 is 0 Å². The van der Waals surface area contributed by atoms with Crippen molar-refractivity contribution in [2.45, 2.75) is 13.5 Å². The maximum absolute atomic E-state index is 9.15. The summed E-state index contributed by atoms with van der Waals surface area (Å²) < 4.78 is 5.08. The van der Waals surface area contributed by atoms with Gasteiger partial charge in [0, 0.05) is 6.07 Å². The number of anilines is 1. The third kappa shape index (κ3) is 3.02. The fourth-order valence-electron chi connectivity index (χ4n) is 1.82. The van der Waals surface area contributed by atoms with Gasteiger partial charge in [-0.2, -0.15) is 5.26 Å². The summed E-state index contributed by atoms with van der Waals surface area (Å²) in [5, 5.41) is 12.4. The van der Waals surface area contributed by atoms with Gasteiger partial charge in [0.15, 0.2) is 0 Å². The highest BCUT2D eigenvalue weighted by Gasteiger charge is 2.05. The smallest absolute Gasteiger partial charge is 0.213 e. The molecule has 0 aliphatic carbocycles. The molecule has 2 rings (SSSR count). The molecule has 1 aromatic carbocycles. The Hall–Kier alpha value is -2.54. The molecule has 2 aromatic rings. The summed E-state index contributed by atoms with van der Waals surface area (Å²) in [5.74, 6) is 0.587. The van der Waals surface area contributed by atoms with E-state index in [0.717, 1.165) is 16.9 Å². The molecule has 0 radical (unpaired) electrons. The Morgan fingerprint density at radius 1 is 1.26 bits per heavy atom. The standard InChI is InChI=1S/C15H15N3O/c1-11-5-3-7-14(13(11)9-16)17-10-12-6-4-8-15(18-12)19-2/h3-8,17H,10H2,1-2H3. The Morgan fingerprint density at radius 2 is 2.05 bits per heavy atom. The monoisotopic (exact) mass is 253 g/mol. The maximum atomic E-state index is 9.15. The molecule has 19 heavy (non-hydrogen) atoms. The van der Waals surface area contributed by atoms with Crippen LogP contribution in [0.15, 0.2) is 36.4 Å². The fourth-order valence-corrected chi connectivity index (χ4v) is 1.82. The van der Waals surface area contributed by atoms with Crippen molar-refractivity contribution in [2.24, 2.45) is 0 Å². The predicted molar refractivity (Wildman–Crippen MR) is 74.0 cm³/mol. The second-order valence-electron chi connectivity index (χ2n) is 4.13. The number of hydrogen-bond donors (Lipinski definition) is 1. The molecule has 1 N–H and O–H groups in total. The third-order valence-corrected chi connectivity index (χ3v) is 2.83. The Labute approximate surface area is 112 Å². The van der Waals surface area contributed by atoms with Crippen LogP contribution >= 0.6 is 0 Å². The summed E-state index contributed by atoms with van der Waals surface area (Å²) in [4.78, 5) is 4.32. The molecule has 0 saturated carbocycles. The molecule has 0 spiro atoms. The first-order valence-corrected chi connectivity index (χ1v) is 5.98. The van der Waals surface area contributed by atoms with Crippen LogP contribution in [0.1, 0.15) is 16.8 Å². The van der Waals surface area contributed by atoms with E-state index in [0.29, 0.717) is 18.0 Å². The molecule has 0 aliphatic rings. The summed E-state index contributed by atoms with van der Waals surface area (Å²) in [6.07, 6.45) is 0. The van der Waals surface area contributed by atoms with E-state index in [1.54, 1.807) is 13.2 Å². The van der Waals surface area contributed by atoms with Crippen molar-refractivity contribution in [1.29, 1.82) is 5.26 Å². The Kier molecular flexibility index (Phi) is 3.99. The molecule has 4 nitrogen and oxygen atoms in total. The zero-order valence-corrected chi connectivity index (χ0v) is 11.0. The van der Waals surface area contributed by atoms with Gasteiger partial charge in [0.1, 0.15) is 6.07 Å². The summed E-state index contributed by atoms with van der Waals surface area (Å²) in [6.45, 7) is 2.48. The molecule has 0 aliphatic heterocycles. The molecule has 4 heteroatoms. The van der Waals surface area contributed by atoms with Gasteiger partial charge in [0.2, 0.25) is 5.88 Å². The molecule has 0 saturated heterocycles. The van der Waals surface area contributed by atoms with Crippen LogP contribution in [0.4, 0.5) is 5.69 Å². The first-order chi connectivity index (χ1) is 9.24. The topological polar surface area (TPSA) is 57.9 Å². The zero-order valence-electron chi connectivity index (χ0n) is 11.0. The summed E-state index contributed by atoms with van der Waals surface area (Å²) in [7, 11) is 1.59. The number of rotatable bonds is 4. The van der Waals surface area contributed by atoms with Gasteiger partial charge in [0.25, 0.3) is 0 Å². The summed E-state index contributed by atoms with van der Waals surface area (Å²) in [5.41, 5.74) is 3.33. The SMILES string of the molecule is COc1cccc(CNc2cccc(C)c2C#N)n1. The molecule has 0 unspecified atom stereocenters. The minimum absolute atomic E-state index is 0.551. The second-order valence-corrected chi connectivity index (χ2v) is 4.13. The molecular formula is C15H15N3O. The normalized spacial score (nSPS) is 9.74. The van der Waals surface area contributed by atoms with Gasteiger partial charge in [-0.15, -0.1) is 0 Å². The quantitative estimate of drug-likeness (QED) is 0.910. The van der Waals surface area contributed by atoms with Gasteiger partial charge in [0.05, 0.1) is 30.6 Å². The predicted octanol–water partition coefficient (Wildman–Crippen LogP) is 2.88. The Balaban J connectivity index is 2.15. The van der Waals surface area contributed by atoms with Crippen LogP contribution < -0.4 is 10.1 Å². The van der Waals surface area contributed by atoms with Crippen molar-refractivity contribution in [2.75, 3.05) is 12.4 Å². The first kappa shape index (κ1) is 12.9. The van der Waals surface area contributed by atoms with Gasteiger partial charge in [-0.25, -0.2) is 4.98 Å². The molecule has 0 fully saturated rings. The number of nitriles is 1. The molecule has 0 bridgehead atoms. The van der Waals surface area contributed by atoms with Crippen LogP contribution in [-0.2, 0) is 6.54 Å². The van der Waals surface area contributed by atoms with Crippen molar-refractivity contribution >= 4 is 5.69 Å². The number of hydrogen-bond acceptors (Lipinski definition) is 4. The summed E-state index contributed by atoms with van der Waals surface area (Å²) in [6, 6.07) is 13.6. The van der Waals surface area contributed by atoms with Crippen molar-refractivity contribution in [1.82, 2.24) is 4.98 Å². The number of aryl methyl sites for hydroxylation is 1. The number of methoxy groups -OCH3 is 1. The lowest BCUT2D eigenvalue weighted by Crippen LogP contribution is -2.04. The highest BCUT2D eigenvalue weighted by Crippen LogP contribution is 2.19. The largest absolute Gasteiger partial charge is 0.481 e. The number of ether oxygens (including phenoxy) is 1. The third-order valence-electron chi connectivity index (χ3n) is 2.83. The van der Waals surface area contributed by atoms with Crippen molar-refractivity contribution < 1.29 is 4.74 Å². The molecule has 0 atom stereocenters. The van der Waals surface area contributed by atoms with Crippen LogP contribution in [-0.4, -0.2) is 12.1 Å². The van der Waals surface area contributed by atoms with E-state index in [2.05, 4.69) is 16.4 Å². The van der Waals surface area contributed by atoms with Crippen molar-refractivity contribution in [3.63, 3.8) is 0 Å². The van der Waals surface area contributed by atoms with Crippen LogP contribution in [0.5, 0.6) is 5.88 Å². The average Bonchev–Trinajstić information content (AvgIpc) is 2.45. The van der Waals surface area contributed by atoms with E-state index in [1.165, 1.54) is 0 Å². The van der Waals surface area contributed by atoms with Crippen LogP contribution in [0.25, 0.3) is 0 Å². The lowest BCUT2D eigenvalue weighted by Gasteiger charge is -2.10. The molecule has 1 aromatic heterocycles. The molecular weight excluding hydrogens is 238 g/mol. The van der Waals surface area contributed by atoms with E-state index in [-0.39, 0.29) is 0 Å². The number of benzene rings is 1. The van der Waals surface area contributed by atoms with Crippen LogP contribution in [0.2, 0.25) is 0 Å². The highest BCUT2D eigenvalue weighted by molar-refractivity contribution is 5.60. The maximum Gasteiger partial charge on any atom is 0.213 e. The number of nitrogens with one attached hydrogen (secondary N) is 1. The van der Waals surface area contributed by atoms with Gasteiger partial charge in [-0.3, -0.25) is 0 Å². The number of nitrogens with zero attached hydrogens (tertiary/aromatic N) is 2. The van der Waals surface area contributed by atoms with Crippen LogP contribution in [0, 0.1) is 18.3 Å². The van der Waals surface area contributed by atoms with Crippen molar-refractivity contribution in [3.8, 4) is 11.9 Å². The van der Waals surface area contributed by atoms with Gasteiger partial charge in [-0.1, -0.05) is 18.2 Å². The van der Waals surface area contributed by atoms with E-state index in [1.807, 2.05) is 37.3 Å². The average molecular weight is 253 g/mol. The Bertz CT molecular complexity index is 617. The van der Waals surface area contributed by atoms with Crippen molar-refractivity contribution in [3.05, 3.63) is 53.2 Å². The zero-order chi connectivity index (χ0) is 13.7. The molecule has 1 heterocycles. The van der Waals surface area contributed by atoms with Crippen LogP contribution in [0.3, 0.4) is 0 Å². The first-order valence-electron chi connectivity index (χ1n) is 5.98. The minimum atomic E-state index is 0.551. The van der Waals surface area contributed by atoms with E-state index in [4.69, 9.17) is 10.00 Å². The van der Waals surface area contributed by atoms with E-state index in [9.17, 15) is 0 Å². The van der Waals surface area contributed by atoms with E-state index >= 15 is 0 Å². The lowest BCUT2D eigenvalue weighted by atomic mass is 10.1. The number of pyridine rings is 1. The molecule has 96 valence electrons. The Morgan fingerprint density at radius 3 is 2.79 bits per heavy atom. The lowest BCUT2D eigenvalue weighted by molar-refractivity contribution is 0.396. The fraction of sp³-hybridized carbons (Fsp3) is 0.200. The second kappa shape index (κ2) is 5.87. The van der Waals surface area contributed by atoms with Gasteiger partial charge in [-0.05, 0) is 24.6 Å². The minimum Gasteiger partial charge on any atom is -0.481 e. The van der Waals surface area contributed by atoms with Gasteiger partial charge < -0.3 is 10.1 Å². The highest BCUT2D eigenvalue weighted by atomic mass is 16.5. The number of aromatic nitrogens is 1. The summed E-state index contributed by atoms with van der Waals surface area (Å²) >= 11 is 0. The molecule has 0 amide bonds. The van der Waals surface area contributed by atoms with Gasteiger partial charge >= 0.3 is 0 Å².